The van der Waals surface area contributed by atoms with E-state index in [2.05, 4.69) is 16.8 Å². The summed E-state index contributed by atoms with van der Waals surface area (Å²) >= 11 is 12.8. The number of amides is 1. The van der Waals surface area contributed by atoms with Gasteiger partial charge in [0.05, 0.1) is 33.1 Å². The maximum Gasteiger partial charge on any atom is 0.344 e. The van der Waals surface area contributed by atoms with E-state index >= 15 is 0 Å². The number of methoxy groups -OCH3 is 1. The molecule has 13 heteroatoms. The van der Waals surface area contributed by atoms with Gasteiger partial charge in [0.25, 0.3) is 15.9 Å². The molecular weight excluding hydrogens is 637 g/mol. The lowest BCUT2D eigenvalue weighted by molar-refractivity contribution is -0.135. The molecular formula is C32H35Cl2N5O5S. The van der Waals surface area contributed by atoms with Crippen LogP contribution in [0.5, 0.6) is 5.75 Å². The second-order valence-corrected chi connectivity index (χ2v) is 14.2. The number of hydrogen-bond acceptors (Lipinski definition) is 7. The number of imidazole rings is 1. The minimum Gasteiger partial charge on any atom is -0.497 e. The van der Waals surface area contributed by atoms with Gasteiger partial charge in [-0.05, 0) is 74.9 Å². The van der Waals surface area contributed by atoms with Gasteiger partial charge in [0.1, 0.15) is 11.8 Å². The Hall–Kier alpha value is -3.35. The Morgan fingerprint density at radius 2 is 1.47 bits per heavy atom. The Kier molecular flexibility index (Phi) is 9.00. The van der Waals surface area contributed by atoms with E-state index in [9.17, 15) is 18.0 Å². The van der Waals surface area contributed by atoms with Gasteiger partial charge in [0.2, 0.25) is 0 Å². The molecule has 238 valence electrons. The highest BCUT2D eigenvalue weighted by atomic mass is 35.5. The first-order valence-electron chi connectivity index (χ1n) is 14.9. The molecule has 3 heterocycles. The Bertz CT molecular complexity index is 1860. The largest absolute Gasteiger partial charge is 0.497 e. The van der Waals surface area contributed by atoms with Crippen LogP contribution in [0.15, 0.2) is 76.4 Å². The van der Waals surface area contributed by atoms with Crippen molar-refractivity contribution in [1.82, 2.24) is 23.2 Å². The second-order valence-electron chi connectivity index (χ2n) is 11.6. The summed E-state index contributed by atoms with van der Waals surface area (Å²) in [6.45, 7) is 4.56. The fraction of sp³-hybridized carbons (Fsp3) is 0.375. The summed E-state index contributed by atoms with van der Waals surface area (Å²) in [7, 11) is -0.816. The normalized spacial score (nSPS) is 17.9. The van der Waals surface area contributed by atoms with Crippen LogP contribution in [0.25, 0.3) is 11.0 Å². The third kappa shape index (κ3) is 5.99. The monoisotopic (exact) mass is 671 g/mol. The van der Waals surface area contributed by atoms with Crippen LogP contribution in [-0.2, 0) is 14.8 Å². The van der Waals surface area contributed by atoms with Gasteiger partial charge >= 0.3 is 5.69 Å². The van der Waals surface area contributed by atoms with Crippen LogP contribution in [0.3, 0.4) is 0 Å². The lowest BCUT2D eigenvalue weighted by Crippen LogP contribution is -2.55. The quantitative estimate of drug-likeness (QED) is 0.291. The van der Waals surface area contributed by atoms with Crippen LogP contribution in [0.1, 0.15) is 24.4 Å². The number of piperazine rings is 1. The molecule has 0 spiro atoms. The average molecular weight is 673 g/mol. The van der Waals surface area contributed by atoms with Gasteiger partial charge in [-0.3, -0.25) is 14.3 Å². The predicted molar refractivity (Wildman–Crippen MR) is 175 cm³/mol. The van der Waals surface area contributed by atoms with Crippen molar-refractivity contribution in [2.75, 3.05) is 53.4 Å². The Balaban J connectivity index is 1.44. The fourth-order valence-corrected chi connectivity index (χ4v) is 8.10. The summed E-state index contributed by atoms with van der Waals surface area (Å²) in [5.41, 5.74) is -0.148. The Morgan fingerprint density at radius 1 is 0.867 bits per heavy atom. The number of carbonyl (C=O) groups excluding carboxylic acids is 1. The zero-order valence-corrected chi connectivity index (χ0v) is 27.4. The molecule has 0 radical (unpaired) electrons. The van der Waals surface area contributed by atoms with Crippen molar-refractivity contribution in [3.8, 4) is 5.75 Å². The molecule has 3 aromatic carbocycles. The third-order valence-corrected chi connectivity index (χ3v) is 11.3. The van der Waals surface area contributed by atoms with Gasteiger partial charge in [-0.2, -0.15) is 3.97 Å². The van der Waals surface area contributed by atoms with E-state index in [4.69, 9.17) is 27.9 Å². The van der Waals surface area contributed by atoms with Crippen molar-refractivity contribution < 1.29 is 17.9 Å². The molecule has 10 nitrogen and oxygen atoms in total. The maximum absolute atomic E-state index is 14.5. The van der Waals surface area contributed by atoms with E-state index in [1.807, 2.05) is 6.07 Å². The van der Waals surface area contributed by atoms with Gasteiger partial charge in [-0.1, -0.05) is 53.5 Å². The molecule has 0 bridgehead atoms. The minimum atomic E-state index is -4.43. The number of aromatic nitrogens is 2. The average Bonchev–Trinajstić information content (AvgIpc) is 3.33. The van der Waals surface area contributed by atoms with E-state index in [-0.39, 0.29) is 31.9 Å². The first-order chi connectivity index (χ1) is 21.6. The Labute approximate surface area is 272 Å². The van der Waals surface area contributed by atoms with Crippen molar-refractivity contribution in [2.24, 2.45) is 0 Å². The Morgan fingerprint density at radius 3 is 2.07 bits per heavy atom. The molecule has 1 aromatic heterocycles. The van der Waals surface area contributed by atoms with Crippen molar-refractivity contribution in [2.45, 2.75) is 29.8 Å². The molecule has 2 aliphatic heterocycles. The van der Waals surface area contributed by atoms with E-state index in [1.165, 1.54) is 48.1 Å². The van der Waals surface area contributed by atoms with Gasteiger partial charge in [0, 0.05) is 32.2 Å². The van der Waals surface area contributed by atoms with E-state index < -0.39 is 21.8 Å². The van der Waals surface area contributed by atoms with Gasteiger partial charge in [-0.15, -0.1) is 0 Å². The summed E-state index contributed by atoms with van der Waals surface area (Å²) in [4.78, 5) is 35.3. The zero-order chi connectivity index (χ0) is 31.9. The molecule has 2 saturated heterocycles. The van der Waals surface area contributed by atoms with E-state index in [1.54, 1.807) is 29.2 Å². The minimum absolute atomic E-state index is 0.0195. The highest BCUT2D eigenvalue weighted by Gasteiger charge is 2.36. The van der Waals surface area contributed by atoms with Crippen LogP contribution >= 0.6 is 23.2 Å². The number of fused-ring (bicyclic) bond motifs is 1. The van der Waals surface area contributed by atoms with Crippen LogP contribution in [-0.4, -0.2) is 97.0 Å². The van der Waals surface area contributed by atoms with Gasteiger partial charge < -0.3 is 14.5 Å². The summed E-state index contributed by atoms with van der Waals surface area (Å²) in [5, 5.41) is 0.204. The van der Waals surface area contributed by atoms with E-state index in [0.717, 1.165) is 39.0 Å². The van der Waals surface area contributed by atoms with Gasteiger partial charge in [-0.25, -0.2) is 13.2 Å². The summed E-state index contributed by atoms with van der Waals surface area (Å²) in [5.74, 6) is 0.169. The van der Waals surface area contributed by atoms with Crippen molar-refractivity contribution in [3.05, 3.63) is 92.8 Å². The molecule has 0 N–H and O–H groups in total. The van der Waals surface area contributed by atoms with Crippen molar-refractivity contribution >= 4 is 50.2 Å². The zero-order valence-electron chi connectivity index (χ0n) is 25.1. The second kappa shape index (κ2) is 12.8. The van der Waals surface area contributed by atoms with Crippen molar-refractivity contribution in [1.29, 1.82) is 0 Å². The van der Waals surface area contributed by atoms with Crippen LogP contribution < -0.4 is 10.4 Å². The number of halogens is 2. The number of hydrogen-bond donors (Lipinski definition) is 0. The summed E-state index contributed by atoms with van der Waals surface area (Å²) < 4.78 is 35.2. The number of piperidine rings is 1. The lowest BCUT2D eigenvalue weighted by atomic mass is 10.0. The standard InChI is InChI=1S/C32H35Cl2N5O5S/c1-35-14-12-23(13-15-35)36-16-18-37(19-17-36)31(40)30(22-6-4-3-5-7-22)38-28-20-26(33)27(34)21-29(28)39(32(38)41)45(42,43)25-10-8-24(44-2)9-11-25/h3-11,20-21,23,30H,12-19H2,1-2H3. The number of nitrogens with zero attached hydrogens (tertiary/aromatic N) is 5. The molecule has 45 heavy (non-hydrogen) atoms. The predicted octanol–water partition coefficient (Wildman–Crippen LogP) is 4.18. The smallest absolute Gasteiger partial charge is 0.344 e. The number of rotatable bonds is 7. The third-order valence-electron chi connectivity index (χ3n) is 8.91. The molecule has 0 saturated carbocycles. The van der Waals surface area contributed by atoms with Crippen LogP contribution in [0.2, 0.25) is 10.0 Å². The molecule has 1 atom stereocenters. The molecule has 2 aliphatic rings. The lowest BCUT2D eigenvalue weighted by Gasteiger charge is -2.42. The topological polar surface area (TPSA) is 97.1 Å². The maximum atomic E-state index is 14.5. The van der Waals surface area contributed by atoms with Gasteiger partial charge in [0.15, 0.2) is 0 Å². The molecule has 0 aliphatic carbocycles. The summed E-state index contributed by atoms with van der Waals surface area (Å²) in [6.07, 6.45) is 2.19. The molecule has 2 fully saturated rings. The molecule has 1 amide bonds. The number of ether oxygens (including phenoxy) is 1. The van der Waals surface area contributed by atoms with Crippen LogP contribution in [0, 0.1) is 0 Å². The number of likely N-dealkylation sites (tertiary alicyclic amines) is 1. The molecule has 4 aromatic rings. The number of carbonyl (C=O) groups is 1. The highest BCUT2D eigenvalue weighted by molar-refractivity contribution is 7.90. The highest BCUT2D eigenvalue weighted by Crippen LogP contribution is 2.33. The summed E-state index contributed by atoms with van der Waals surface area (Å²) in [6, 6.07) is 16.8. The number of benzene rings is 3. The fourth-order valence-electron chi connectivity index (χ4n) is 6.40. The van der Waals surface area contributed by atoms with Crippen LogP contribution in [0.4, 0.5) is 0 Å². The van der Waals surface area contributed by atoms with Crippen molar-refractivity contribution in [3.63, 3.8) is 0 Å². The van der Waals surface area contributed by atoms with E-state index in [0.29, 0.717) is 34.4 Å². The SMILES string of the molecule is COc1ccc(S(=O)(=O)n2c(=O)n(C(C(=O)N3CCN(C4CCN(C)CC4)CC3)c3ccccc3)c3cc(Cl)c(Cl)cc32)cc1. The molecule has 1 unspecified atom stereocenters. The first kappa shape index (κ1) is 31.6. The first-order valence-corrected chi connectivity index (χ1v) is 17.1. The molecule has 6 rings (SSSR count).